The van der Waals surface area contributed by atoms with E-state index in [1.54, 1.807) is 4.90 Å². The highest BCUT2D eigenvalue weighted by atomic mass is 19.1. The van der Waals surface area contributed by atoms with Crippen molar-refractivity contribution in [2.24, 2.45) is 5.92 Å². The minimum absolute atomic E-state index is 0.0132. The molecule has 4 aliphatic rings. The maximum absolute atomic E-state index is 13.5. The Kier molecular flexibility index (Phi) is 6.65. The van der Waals surface area contributed by atoms with Crippen LogP contribution in [-0.4, -0.2) is 90.0 Å². The van der Waals surface area contributed by atoms with E-state index in [1.165, 1.54) is 0 Å². The van der Waals surface area contributed by atoms with Crippen LogP contribution in [0.3, 0.4) is 0 Å². The van der Waals surface area contributed by atoms with Gasteiger partial charge in [0.15, 0.2) is 5.82 Å². The Balaban J connectivity index is 1.24. The molecular weight excluding hydrogens is 448 g/mol. The number of nitrogens with one attached hydrogen (secondary N) is 1. The molecule has 5 rings (SSSR count). The van der Waals surface area contributed by atoms with Crippen LogP contribution in [0.4, 0.5) is 14.7 Å². The van der Waals surface area contributed by atoms with Crippen LogP contribution in [0.2, 0.25) is 0 Å². The standard InChI is InChI=1S/C23H31F2N5O4/c24-16-8-15(9-16)21(32)30-5-1-4-23(14-33-13-20(31)28-23)19(30)12-34-18-2-6-29(7-3-18)22-26-10-17(25)11-27-22/h10-11,15-16,18-19H,1-9,12-14H2,(H,28,31)/t15?,16?,19-,23+/m1/s1. The molecule has 0 aromatic carbocycles. The largest absolute Gasteiger partial charge is 0.376 e. The summed E-state index contributed by atoms with van der Waals surface area (Å²) in [6, 6.07) is -0.366. The zero-order chi connectivity index (χ0) is 23.7. The molecule has 0 bridgehead atoms. The second-order valence-electron chi connectivity index (χ2n) is 9.83. The van der Waals surface area contributed by atoms with Gasteiger partial charge >= 0.3 is 0 Å². The minimum atomic E-state index is -0.907. The quantitative estimate of drug-likeness (QED) is 0.679. The van der Waals surface area contributed by atoms with Gasteiger partial charge in [-0.1, -0.05) is 0 Å². The van der Waals surface area contributed by atoms with Crippen molar-refractivity contribution in [2.45, 2.75) is 62.4 Å². The zero-order valence-corrected chi connectivity index (χ0v) is 19.1. The van der Waals surface area contributed by atoms with E-state index in [2.05, 4.69) is 15.3 Å². The predicted octanol–water partition coefficient (Wildman–Crippen LogP) is 1.23. The fourth-order valence-electron chi connectivity index (χ4n) is 5.59. The predicted molar refractivity (Wildman–Crippen MR) is 117 cm³/mol. The van der Waals surface area contributed by atoms with Crippen molar-refractivity contribution in [3.05, 3.63) is 18.2 Å². The van der Waals surface area contributed by atoms with E-state index < -0.39 is 17.5 Å². The molecule has 34 heavy (non-hydrogen) atoms. The summed E-state index contributed by atoms with van der Waals surface area (Å²) in [4.78, 5) is 37.3. The van der Waals surface area contributed by atoms with Gasteiger partial charge in [0.05, 0.1) is 43.3 Å². The number of amides is 2. The molecule has 4 fully saturated rings. The van der Waals surface area contributed by atoms with Crippen LogP contribution in [0.25, 0.3) is 0 Å². The Morgan fingerprint density at radius 1 is 1.24 bits per heavy atom. The van der Waals surface area contributed by atoms with Gasteiger partial charge < -0.3 is 24.6 Å². The smallest absolute Gasteiger partial charge is 0.246 e. The first-order valence-electron chi connectivity index (χ1n) is 12.1. The molecule has 186 valence electrons. The van der Waals surface area contributed by atoms with E-state index in [4.69, 9.17) is 9.47 Å². The van der Waals surface area contributed by atoms with Crippen molar-refractivity contribution in [2.75, 3.05) is 44.4 Å². The summed E-state index contributed by atoms with van der Waals surface area (Å²) in [5.41, 5.74) is -0.690. The number of halogens is 2. The molecule has 3 aliphatic heterocycles. The van der Waals surface area contributed by atoms with E-state index in [0.717, 1.165) is 31.7 Å². The fourth-order valence-corrected chi connectivity index (χ4v) is 5.59. The van der Waals surface area contributed by atoms with Crippen molar-refractivity contribution in [3.63, 3.8) is 0 Å². The topological polar surface area (TPSA) is 96.9 Å². The third-order valence-corrected chi connectivity index (χ3v) is 7.55. The van der Waals surface area contributed by atoms with Gasteiger partial charge in [-0.15, -0.1) is 0 Å². The van der Waals surface area contributed by atoms with Crippen LogP contribution in [0, 0.1) is 11.7 Å². The van der Waals surface area contributed by atoms with Gasteiger partial charge in [0.1, 0.15) is 12.8 Å². The number of rotatable bonds is 5. The van der Waals surface area contributed by atoms with E-state index in [9.17, 15) is 18.4 Å². The van der Waals surface area contributed by atoms with Gasteiger partial charge in [-0.2, -0.15) is 0 Å². The number of likely N-dealkylation sites (tertiary alicyclic amines) is 1. The SMILES string of the molecule is O=C1COC[C@]2(CCCN(C(=O)C3CC(F)C3)[C@@H]2COC2CCN(c3ncc(F)cn3)CC2)N1. The molecule has 0 unspecified atom stereocenters. The number of carbonyl (C=O) groups excluding carboxylic acids is 2. The Bertz CT molecular complexity index is 888. The molecule has 3 saturated heterocycles. The molecule has 2 atom stereocenters. The van der Waals surface area contributed by atoms with E-state index in [0.29, 0.717) is 38.6 Å². The molecule has 1 spiro atoms. The number of hydrogen-bond donors (Lipinski definition) is 1. The lowest BCUT2D eigenvalue weighted by atomic mass is 9.77. The molecule has 1 saturated carbocycles. The average molecular weight is 480 g/mol. The lowest BCUT2D eigenvalue weighted by Crippen LogP contribution is -2.72. The highest BCUT2D eigenvalue weighted by molar-refractivity contribution is 5.82. The number of piperidine rings is 2. The van der Waals surface area contributed by atoms with Crippen molar-refractivity contribution >= 4 is 17.8 Å². The first-order chi connectivity index (χ1) is 16.4. The van der Waals surface area contributed by atoms with Crippen LogP contribution in [0.5, 0.6) is 0 Å². The number of ether oxygens (including phenoxy) is 2. The normalized spacial score (nSPS) is 32.4. The van der Waals surface area contributed by atoms with Crippen LogP contribution in [-0.2, 0) is 19.1 Å². The van der Waals surface area contributed by atoms with Crippen LogP contribution in [0.15, 0.2) is 12.4 Å². The van der Waals surface area contributed by atoms with Crippen molar-refractivity contribution in [1.82, 2.24) is 20.2 Å². The zero-order valence-electron chi connectivity index (χ0n) is 19.1. The monoisotopic (exact) mass is 479 g/mol. The Hall–Kier alpha value is -2.40. The maximum Gasteiger partial charge on any atom is 0.246 e. The Labute approximate surface area is 197 Å². The number of anilines is 1. The highest BCUT2D eigenvalue weighted by Gasteiger charge is 2.51. The molecule has 2 amide bonds. The minimum Gasteiger partial charge on any atom is -0.376 e. The summed E-state index contributed by atoms with van der Waals surface area (Å²) in [6.45, 7) is 2.53. The highest BCUT2D eigenvalue weighted by Crippen LogP contribution is 2.37. The van der Waals surface area contributed by atoms with Gasteiger partial charge in [0, 0.05) is 25.6 Å². The van der Waals surface area contributed by atoms with Gasteiger partial charge in [-0.25, -0.2) is 18.7 Å². The lowest BCUT2D eigenvalue weighted by Gasteiger charge is -2.52. The Morgan fingerprint density at radius 3 is 2.65 bits per heavy atom. The number of hydrogen-bond acceptors (Lipinski definition) is 7. The molecular formula is C23H31F2N5O4. The molecule has 1 aromatic heterocycles. The maximum atomic E-state index is 13.5. The second-order valence-corrected chi connectivity index (χ2v) is 9.83. The Morgan fingerprint density at radius 2 is 1.97 bits per heavy atom. The average Bonchev–Trinajstić information content (AvgIpc) is 2.81. The summed E-state index contributed by atoms with van der Waals surface area (Å²) in [6.07, 6.45) is 4.85. The van der Waals surface area contributed by atoms with Crippen molar-refractivity contribution in [1.29, 1.82) is 0 Å². The lowest BCUT2D eigenvalue weighted by molar-refractivity contribution is -0.160. The molecule has 4 heterocycles. The van der Waals surface area contributed by atoms with Crippen molar-refractivity contribution < 1.29 is 27.8 Å². The van der Waals surface area contributed by atoms with Gasteiger partial charge in [-0.05, 0) is 38.5 Å². The molecule has 0 radical (unpaired) electrons. The number of morpholine rings is 1. The number of carbonyl (C=O) groups is 2. The van der Waals surface area contributed by atoms with Crippen LogP contribution < -0.4 is 10.2 Å². The molecule has 11 heteroatoms. The van der Waals surface area contributed by atoms with Gasteiger partial charge in [-0.3, -0.25) is 9.59 Å². The third kappa shape index (κ3) is 4.72. The second kappa shape index (κ2) is 9.69. The molecule has 9 nitrogen and oxygen atoms in total. The fraction of sp³-hybridized carbons (Fsp3) is 0.739. The number of nitrogens with zero attached hydrogens (tertiary/aromatic N) is 4. The van der Waals surface area contributed by atoms with Gasteiger partial charge in [0.25, 0.3) is 0 Å². The summed E-state index contributed by atoms with van der Waals surface area (Å²) >= 11 is 0. The molecule has 1 aromatic rings. The van der Waals surface area contributed by atoms with E-state index in [-0.39, 0.29) is 55.9 Å². The summed E-state index contributed by atoms with van der Waals surface area (Å²) in [7, 11) is 0. The number of aromatic nitrogens is 2. The van der Waals surface area contributed by atoms with Crippen LogP contribution in [0.1, 0.15) is 38.5 Å². The number of alkyl halides is 1. The van der Waals surface area contributed by atoms with Crippen molar-refractivity contribution in [3.8, 4) is 0 Å². The molecule has 1 aliphatic carbocycles. The first-order valence-corrected chi connectivity index (χ1v) is 12.1. The third-order valence-electron chi connectivity index (χ3n) is 7.55. The summed E-state index contributed by atoms with van der Waals surface area (Å²) in [5, 5.41) is 3.10. The first kappa shape index (κ1) is 23.3. The van der Waals surface area contributed by atoms with E-state index >= 15 is 0 Å². The summed E-state index contributed by atoms with van der Waals surface area (Å²) < 4.78 is 38.5. The van der Waals surface area contributed by atoms with Crippen LogP contribution >= 0.6 is 0 Å². The van der Waals surface area contributed by atoms with E-state index in [1.807, 2.05) is 4.90 Å². The summed E-state index contributed by atoms with van der Waals surface area (Å²) in [5.74, 6) is -0.510. The van der Waals surface area contributed by atoms with Gasteiger partial charge in [0.2, 0.25) is 17.8 Å². The molecule has 1 N–H and O–H groups in total.